The van der Waals surface area contributed by atoms with E-state index in [0.29, 0.717) is 48.5 Å². The van der Waals surface area contributed by atoms with Gasteiger partial charge in [0, 0.05) is 36.2 Å². The van der Waals surface area contributed by atoms with Crippen LogP contribution in [0.2, 0.25) is 5.02 Å². The van der Waals surface area contributed by atoms with Crippen molar-refractivity contribution in [3.8, 4) is 34.4 Å². The van der Waals surface area contributed by atoms with E-state index in [4.69, 9.17) is 21.1 Å². The number of benzene rings is 1. The minimum atomic E-state index is -4.70. The molecule has 1 aliphatic rings. The Morgan fingerprint density at radius 3 is 2.35 bits per heavy atom. The molecule has 0 bridgehead atoms. The number of nitrogens with one attached hydrogen (secondary N) is 2. The predicted molar refractivity (Wildman–Crippen MR) is 168 cm³/mol. The van der Waals surface area contributed by atoms with Crippen LogP contribution >= 0.6 is 11.6 Å². The lowest BCUT2D eigenvalue weighted by atomic mass is 9.90. The highest BCUT2D eigenvalue weighted by Crippen LogP contribution is 2.38. The van der Waals surface area contributed by atoms with Crippen molar-refractivity contribution in [1.82, 2.24) is 40.1 Å². The quantitative estimate of drug-likeness (QED) is 0.188. The summed E-state index contributed by atoms with van der Waals surface area (Å²) < 4.78 is 52.0. The fourth-order valence-corrected chi connectivity index (χ4v) is 5.53. The standard InChI is InChI=1S/C31H28ClF3N10O3/c1-47-30-39-11-18(12-40-30)24-15-37-25(16-36-24)45(26(46)17-48-21-5-3-2-4-6-21)20-9-7-19(8-10-20)42-29-38-13-22(31(33,34)35)27(43-29)28-23(32)14-41-44-28/h2-6,11-16,19-20H,7-10,17H2,1H3,(H,41,44)(H,38,42,43)/t19-,20-. The minimum Gasteiger partial charge on any atom is -0.484 e. The summed E-state index contributed by atoms with van der Waals surface area (Å²) in [6.45, 7) is -0.226. The Bertz CT molecular complexity index is 1840. The molecule has 0 spiro atoms. The first-order chi connectivity index (χ1) is 23.2. The molecular weight excluding hydrogens is 653 g/mol. The highest BCUT2D eigenvalue weighted by atomic mass is 35.5. The number of alkyl halides is 3. The number of anilines is 2. The number of amides is 1. The summed E-state index contributed by atoms with van der Waals surface area (Å²) in [4.78, 5) is 40.6. The molecule has 0 unspecified atom stereocenters. The average molecular weight is 681 g/mol. The third-order valence-corrected chi connectivity index (χ3v) is 7.97. The zero-order valence-corrected chi connectivity index (χ0v) is 26.1. The van der Waals surface area contributed by atoms with Crippen molar-refractivity contribution >= 4 is 29.3 Å². The van der Waals surface area contributed by atoms with E-state index in [2.05, 4.69) is 45.4 Å². The van der Waals surface area contributed by atoms with Crippen LogP contribution in [0.1, 0.15) is 31.2 Å². The number of rotatable bonds is 10. The monoisotopic (exact) mass is 680 g/mol. The largest absolute Gasteiger partial charge is 0.484 e. The summed E-state index contributed by atoms with van der Waals surface area (Å²) in [7, 11) is 1.47. The molecule has 1 fully saturated rings. The van der Waals surface area contributed by atoms with E-state index < -0.39 is 17.4 Å². The molecule has 5 aromatic rings. The summed E-state index contributed by atoms with van der Waals surface area (Å²) in [5.41, 5.74) is -0.377. The second-order valence-corrected chi connectivity index (χ2v) is 11.2. The summed E-state index contributed by atoms with van der Waals surface area (Å²) in [5.74, 6) is 0.600. The number of carbonyl (C=O) groups is 1. The zero-order valence-electron chi connectivity index (χ0n) is 25.4. The van der Waals surface area contributed by atoms with Crippen LogP contribution in [-0.2, 0) is 11.0 Å². The Morgan fingerprint density at radius 1 is 0.979 bits per heavy atom. The van der Waals surface area contributed by atoms with Crippen molar-refractivity contribution in [2.24, 2.45) is 0 Å². The minimum absolute atomic E-state index is 0.000116. The fraction of sp³-hybridized carbons (Fsp3) is 0.290. The van der Waals surface area contributed by atoms with Crippen LogP contribution in [0.25, 0.3) is 22.6 Å². The van der Waals surface area contributed by atoms with E-state index in [-0.39, 0.29) is 47.3 Å². The van der Waals surface area contributed by atoms with Crippen LogP contribution in [0.5, 0.6) is 11.8 Å². The molecule has 4 heterocycles. The second kappa shape index (κ2) is 14.2. The molecule has 1 aromatic carbocycles. The third kappa shape index (κ3) is 7.43. The number of H-pyrrole nitrogens is 1. The van der Waals surface area contributed by atoms with Gasteiger partial charge in [-0.1, -0.05) is 29.8 Å². The summed E-state index contributed by atoms with van der Waals surface area (Å²) in [6, 6.07) is 8.77. The van der Waals surface area contributed by atoms with Crippen LogP contribution < -0.4 is 19.7 Å². The average Bonchev–Trinajstić information content (AvgIpc) is 3.54. The molecule has 1 saturated carbocycles. The van der Waals surface area contributed by atoms with E-state index in [1.165, 1.54) is 25.7 Å². The van der Waals surface area contributed by atoms with Crippen LogP contribution in [0, 0.1) is 0 Å². The number of ether oxygens (including phenoxy) is 2. The molecule has 48 heavy (non-hydrogen) atoms. The van der Waals surface area contributed by atoms with Crippen LogP contribution in [0.3, 0.4) is 0 Å². The molecule has 1 amide bonds. The lowest BCUT2D eigenvalue weighted by Crippen LogP contribution is -2.46. The zero-order chi connectivity index (χ0) is 33.7. The maximum absolute atomic E-state index is 13.7. The Labute approximate surface area is 277 Å². The van der Waals surface area contributed by atoms with E-state index in [1.807, 2.05) is 18.2 Å². The molecule has 0 radical (unpaired) electrons. The number of hydrogen-bond donors (Lipinski definition) is 2. The number of halogens is 4. The topological polar surface area (TPSA) is 157 Å². The van der Waals surface area contributed by atoms with E-state index >= 15 is 0 Å². The highest BCUT2D eigenvalue weighted by Gasteiger charge is 2.37. The first kappa shape index (κ1) is 32.6. The first-order valence-electron chi connectivity index (χ1n) is 14.8. The van der Waals surface area contributed by atoms with Gasteiger partial charge in [0.2, 0.25) is 5.95 Å². The van der Waals surface area contributed by atoms with Crippen molar-refractivity contribution in [1.29, 1.82) is 0 Å². The molecule has 0 atom stereocenters. The number of aromatic nitrogens is 8. The van der Waals surface area contributed by atoms with Gasteiger partial charge < -0.3 is 14.8 Å². The summed E-state index contributed by atoms with van der Waals surface area (Å²) in [6.07, 6.45) is 5.62. The number of carbonyl (C=O) groups excluding carboxylic acids is 1. The molecule has 1 aliphatic carbocycles. The van der Waals surface area contributed by atoms with Gasteiger partial charge >= 0.3 is 12.2 Å². The molecule has 2 N–H and O–H groups in total. The van der Waals surface area contributed by atoms with Gasteiger partial charge in [-0.25, -0.2) is 24.9 Å². The van der Waals surface area contributed by atoms with Gasteiger partial charge in [-0.15, -0.1) is 0 Å². The van der Waals surface area contributed by atoms with Crippen molar-refractivity contribution in [2.75, 3.05) is 23.9 Å². The van der Waals surface area contributed by atoms with Crippen molar-refractivity contribution in [2.45, 2.75) is 43.9 Å². The van der Waals surface area contributed by atoms with Gasteiger partial charge in [-0.05, 0) is 37.8 Å². The Morgan fingerprint density at radius 2 is 1.73 bits per heavy atom. The Balaban J connectivity index is 1.18. The van der Waals surface area contributed by atoms with Gasteiger partial charge in [0.05, 0.1) is 36.4 Å². The fourth-order valence-electron chi connectivity index (χ4n) is 5.35. The van der Waals surface area contributed by atoms with Crippen LogP contribution in [0.4, 0.5) is 24.9 Å². The van der Waals surface area contributed by atoms with Gasteiger partial charge in [0.25, 0.3) is 5.91 Å². The molecular formula is C31H28ClF3N10O3. The number of hydrogen-bond acceptors (Lipinski definition) is 11. The molecule has 6 rings (SSSR count). The number of methoxy groups -OCH3 is 1. The van der Waals surface area contributed by atoms with Gasteiger partial charge in [0.15, 0.2) is 12.4 Å². The van der Waals surface area contributed by atoms with E-state index in [9.17, 15) is 18.0 Å². The first-order valence-corrected chi connectivity index (χ1v) is 15.2. The SMILES string of the molecule is COc1ncc(-c2cnc(N(C(=O)COc3ccccc3)[C@H]3CC[C@H](Nc4ncc(C(F)(F)F)c(-c5[nH]ncc5Cl)n4)CC3)cn2)cn1. The molecule has 248 valence electrons. The third-order valence-electron chi connectivity index (χ3n) is 7.68. The number of aromatic amines is 1. The number of para-hydroxylation sites is 1. The number of nitrogens with zero attached hydrogens (tertiary/aromatic N) is 8. The van der Waals surface area contributed by atoms with E-state index in [0.717, 1.165) is 6.20 Å². The maximum atomic E-state index is 13.7. The molecule has 4 aromatic heterocycles. The molecule has 13 nitrogen and oxygen atoms in total. The molecule has 17 heteroatoms. The van der Waals surface area contributed by atoms with Crippen LogP contribution in [-0.4, -0.2) is 71.8 Å². The summed E-state index contributed by atoms with van der Waals surface area (Å²) in [5, 5.41) is 9.35. The van der Waals surface area contributed by atoms with Gasteiger partial charge in [0.1, 0.15) is 22.7 Å². The van der Waals surface area contributed by atoms with Gasteiger partial charge in [-0.2, -0.15) is 18.3 Å². The lowest BCUT2D eigenvalue weighted by Gasteiger charge is -2.36. The predicted octanol–water partition coefficient (Wildman–Crippen LogP) is 5.63. The Hall–Kier alpha value is -5.38. The van der Waals surface area contributed by atoms with Crippen molar-refractivity contribution in [3.63, 3.8) is 0 Å². The van der Waals surface area contributed by atoms with Gasteiger partial charge in [-0.3, -0.25) is 19.8 Å². The maximum Gasteiger partial charge on any atom is 0.420 e. The van der Waals surface area contributed by atoms with Crippen molar-refractivity contribution < 1.29 is 27.4 Å². The highest BCUT2D eigenvalue weighted by molar-refractivity contribution is 6.32. The molecule has 0 aliphatic heterocycles. The Kier molecular flexibility index (Phi) is 9.61. The van der Waals surface area contributed by atoms with Crippen LogP contribution in [0.15, 0.2) is 67.5 Å². The summed E-state index contributed by atoms with van der Waals surface area (Å²) >= 11 is 6.07. The second-order valence-electron chi connectivity index (χ2n) is 10.8. The lowest BCUT2D eigenvalue weighted by molar-refractivity contribution is -0.137. The van der Waals surface area contributed by atoms with Crippen molar-refractivity contribution in [3.05, 3.63) is 78.1 Å². The normalized spacial score (nSPS) is 16.3. The smallest absolute Gasteiger partial charge is 0.420 e. The van der Waals surface area contributed by atoms with E-state index in [1.54, 1.807) is 29.4 Å². The molecule has 0 saturated heterocycles.